The zero-order chi connectivity index (χ0) is 13.5. The van der Waals surface area contributed by atoms with Gasteiger partial charge < -0.3 is 4.74 Å². The van der Waals surface area contributed by atoms with Crippen LogP contribution < -0.4 is 0 Å². The Morgan fingerprint density at radius 2 is 1.44 bits per heavy atom. The number of alkyl halides is 1. The van der Waals surface area contributed by atoms with Crippen molar-refractivity contribution in [2.75, 3.05) is 11.9 Å². The van der Waals surface area contributed by atoms with Crippen LogP contribution in [-0.4, -0.2) is 17.9 Å². The van der Waals surface area contributed by atoms with Crippen LogP contribution in [0, 0.1) is 0 Å². The molecular weight excluding hydrogens is 292 g/mol. The highest BCUT2D eigenvalue weighted by atomic mass is 79.9. The molecule has 0 aliphatic carbocycles. The molecule has 0 heterocycles. The fourth-order valence-electron chi connectivity index (χ4n) is 1.89. The minimum Gasteiger partial charge on any atom is -0.466 e. The summed E-state index contributed by atoms with van der Waals surface area (Å²) in [5.74, 6) is -0.0288. The van der Waals surface area contributed by atoms with Crippen molar-refractivity contribution in [1.29, 1.82) is 0 Å². The van der Waals surface area contributed by atoms with Crippen LogP contribution in [-0.2, 0) is 9.53 Å². The van der Waals surface area contributed by atoms with E-state index in [0.29, 0.717) is 13.0 Å². The largest absolute Gasteiger partial charge is 0.466 e. The second-order valence-corrected chi connectivity index (χ2v) is 5.63. The summed E-state index contributed by atoms with van der Waals surface area (Å²) >= 11 is 3.31. The molecule has 0 aromatic rings. The van der Waals surface area contributed by atoms with Crippen molar-refractivity contribution in [2.24, 2.45) is 0 Å². The number of unbranched alkanes of at least 4 members (excludes halogenated alkanes) is 8. The molecule has 0 amide bonds. The van der Waals surface area contributed by atoms with Crippen molar-refractivity contribution in [3.8, 4) is 0 Å². The smallest absolute Gasteiger partial charge is 0.305 e. The first-order valence-electron chi connectivity index (χ1n) is 7.52. The Morgan fingerprint density at radius 3 is 2.00 bits per heavy atom. The van der Waals surface area contributed by atoms with E-state index in [9.17, 15) is 4.79 Å². The van der Waals surface area contributed by atoms with Crippen LogP contribution in [0.15, 0.2) is 0 Å². The molecule has 0 N–H and O–H groups in total. The van der Waals surface area contributed by atoms with Gasteiger partial charge in [-0.15, -0.1) is 0 Å². The number of ether oxygens (including phenoxy) is 1. The molecule has 0 aromatic heterocycles. The molecule has 3 heteroatoms. The standard InChI is InChI=1S/C15H29BrO2/c1-2-3-4-5-6-7-8-9-10-12-15(17)18-14-11-13-16/h2-14H2,1H3. The predicted octanol–water partition coefficient (Wildman–Crippen LogP) is 5.24. The number of esters is 1. The van der Waals surface area contributed by atoms with Gasteiger partial charge in [0.15, 0.2) is 0 Å². The monoisotopic (exact) mass is 320 g/mol. The summed E-state index contributed by atoms with van der Waals surface area (Å²) in [4.78, 5) is 11.3. The Morgan fingerprint density at radius 1 is 0.889 bits per heavy atom. The maximum Gasteiger partial charge on any atom is 0.305 e. The van der Waals surface area contributed by atoms with E-state index in [4.69, 9.17) is 4.74 Å². The fourth-order valence-corrected chi connectivity index (χ4v) is 2.12. The van der Waals surface area contributed by atoms with Gasteiger partial charge in [-0.3, -0.25) is 4.79 Å². The minimum atomic E-state index is -0.0288. The topological polar surface area (TPSA) is 26.3 Å². The SMILES string of the molecule is CCCCCCCCCCCC(=O)OCCCBr. The van der Waals surface area contributed by atoms with Gasteiger partial charge in [0.25, 0.3) is 0 Å². The number of rotatable bonds is 13. The van der Waals surface area contributed by atoms with Crippen molar-refractivity contribution < 1.29 is 9.53 Å². The maximum absolute atomic E-state index is 11.3. The van der Waals surface area contributed by atoms with Crippen molar-refractivity contribution >= 4 is 21.9 Å². The lowest BCUT2D eigenvalue weighted by atomic mass is 10.1. The number of hydrogen-bond donors (Lipinski definition) is 0. The molecule has 108 valence electrons. The van der Waals surface area contributed by atoms with E-state index in [1.165, 1.54) is 51.4 Å². The summed E-state index contributed by atoms with van der Waals surface area (Å²) in [7, 11) is 0. The third-order valence-electron chi connectivity index (χ3n) is 3.03. The first kappa shape index (κ1) is 17.9. The van der Waals surface area contributed by atoms with Gasteiger partial charge in [0.2, 0.25) is 0 Å². The van der Waals surface area contributed by atoms with E-state index in [1.807, 2.05) is 0 Å². The molecule has 0 aliphatic heterocycles. The third kappa shape index (κ3) is 14.0. The first-order valence-corrected chi connectivity index (χ1v) is 8.65. The van der Waals surface area contributed by atoms with Crippen LogP contribution >= 0.6 is 15.9 Å². The minimum absolute atomic E-state index is 0.0288. The average Bonchev–Trinajstić information content (AvgIpc) is 2.37. The van der Waals surface area contributed by atoms with Gasteiger partial charge >= 0.3 is 5.97 Å². The van der Waals surface area contributed by atoms with Crippen molar-refractivity contribution in [1.82, 2.24) is 0 Å². The molecule has 2 nitrogen and oxygen atoms in total. The number of hydrogen-bond acceptors (Lipinski definition) is 2. The number of halogens is 1. The lowest BCUT2D eigenvalue weighted by molar-refractivity contribution is -0.143. The summed E-state index contributed by atoms with van der Waals surface area (Å²) in [6, 6.07) is 0. The molecule has 0 saturated carbocycles. The molecule has 0 bridgehead atoms. The maximum atomic E-state index is 11.3. The van der Waals surface area contributed by atoms with E-state index in [1.54, 1.807) is 0 Å². The molecule has 18 heavy (non-hydrogen) atoms. The Balaban J connectivity index is 3.08. The van der Waals surface area contributed by atoms with Crippen LogP contribution in [0.5, 0.6) is 0 Å². The van der Waals surface area contributed by atoms with E-state index in [2.05, 4.69) is 22.9 Å². The first-order chi connectivity index (χ1) is 8.81. The lowest BCUT2D eigenvalue weighted by Gasteiger charge is -2.04. The Hall–Kier alpha value is -0.0500. The zero-order valence-corrected chi connectivity index (χ0v) is 13.5. The van der Waals surface area contributed by atoms with Crippen molar-refractivity contribution in [3.05, 3.63) is 0 Å². The van der Waals surface area contributed by atoms with Gasteiger partial charge in [0.05, 0.1) is 6.61 Å². The highest BCUT2D eigenvalue weighted by molar-refractivity contribution is 9.09. The lowest BCUT2D eigenvalue weighted by Crippen LogP contribution is -2.05. The van der Waals surface area contributed by atoms with Crippen molar-refractivity contribution in [3.63, 3.8) is 0 Å². The van der Waals surface area contributed by atoms with Gasteiger partial charge in [-0.05, 0) is 12.8 Å². The molecule has 0 radical (unpaired) electrons. The molecule has 0 fully saturated rings. The van der Waals surface area contributed by atoms with E-state index in [-0.39, 0.29) is 5.97 Å². The quantitative estimate of drug-likeness (QED) is 0.263. The number of carbonyl (C=O) groups is 1. The molecule has 0 aromatic carbocycles. The van der Waals surface area contributed by atoms with Gasteiger partial charge in [-0.25, -0.2) is 0 Å². The van der Waals surface area contributed by atoms with Crippen LogP contribution in [0.1, 0.15) is 77.6 Å². The van der Waals surface area contributed by atoms with E-state index < -0.39 is 0 Å². The summed E-state index contributed by atoms with van der Waals surface area (Å²) in [6.07, 6.45) is 13.1. The Labute approximate surface area is 121 Å². The predicted molar refractivity (Wildman–Crippen MR) is 81.2 cm³/mol. The van der Waals surface area contributed by atoms with Gasteiger partial charge in [-0.1, -0.05) is 74.2 Å². The van der Waals surface area contributed by atoms with Gasteiger partial charge in [0, 0.05) is 11.8 Å². The molecule has 0 spiro atoms. The Kier molecular flexibility index (Phi) is 15.0. The summed E-state index contributed by atoms with van der Waals surface area (Å²) in [6.45, 7) is 2.80. The van der Waals surface area contributed by atoms with Crippen LogP contribution in [0.25, 0.3) is 0 Å². The van der Waals surface area contributed by atoms with Gasteiger partial charge in [-0.2, -0.15) is 0 Å². The zero-order valence-electron chi connectivity index (χ0n) is 11.9. The van der Waals surface area contributed by atoms with E-state index >= 15 is 0 Å². The summed E-state index contributed by atoms with van der Waals surface area (Å²) in [5.41, 5.74) is 0. The third-order valence-corrected chi connectivity index (χ3v) is 3.59. The second kappa shape index (κ2) is 15.0. The second-order valence-electron chi connectivity index (χ2n) is 4.84. The van der Waals surface area contributed by atoms with Crippen molar-refractivity contribution in [2.45, 2.75) is 77.6 Å². The van der Waals surface area contributed by atoms with Crippen LogP contribution in [0.4, 0.5) is 0 Å². The molecule has 0 rings (SSSR count). The van der Waals surface area contributed by atoms with Crippen LogP contribution in [0.2, 0.25) is 0 Å². The van der Waals surface area contributed by atoms with Gasteiger partial charge in [0.1, 0.15) is 0 Å². The highest BCUT2D eigenvalue weighted by Crippen LogP contribution is 2.10. The molecule has 0 unspecified atom stereocenters. The molecule has 0 atom stereocenters. The van der Waals surface area contributed by atoms with E-state index in [0.717, 1.165) is 18.2 Å². The summed E-state index contributed by atoms with van der Waals surface area (Å²) in [5, 5.41) is 0.901. The highest BCUT2D eigenvalue weighted by Gasteiger charge is 2.01. The molecular formula is C15H29BrO2. The van der Waals surface area contributed by atoms with Crippen LogP contribution in [0.3, 0.4) is 0 Å². The Bertz CT molecular complexity index is 183. The normalized spacial score (nSPS) is 10.6. The molecule has 0 aliphatic rings. The summed E-state index contributed by atoms with van der Waals surface area (Å²) < 4.78 is 5.09. The fraction of sp³-hybridized carbons (Fsp3) is 0.933. The average molecular weight is 321 g/mol. The molecule has 0 saturated heterocycles. The number of carbonyl (C=O) groups excluding carboxylic acids is 1.